The summed E-state index contributed by atoms with van der Waals surface area (Å²) in [6.45, 7) is 8.99. The Morgan fingerprint density at radius 2 is 2.11 bits per heavy atom. The number of anilines is 2. The molecule has 6 heteroatoms. The zero-order valence-corrected chi connectivity index (χ0v) is 12.2. The van der Waals surface area contributed by atoms with Gasteiger partial charge in [-0.3, -0.25) is 0 Å². The third-order valence-corrected chi connectivity index (χ3v) is 3.28. The fraction of sp³-hybridized carbons (Fsp3) is 0.769. The lowest BCUT2D eigenvalue weighted by molar-refractivity contribution is 0.287. The quantitative estimate of drug-likeness (QED) is 0.897. The molecule has 1 aromatic rings. The lowest BCUT2D eigenvalue weighted by Gasteiger charge is -2.38. The molecule has 1 aromatic heterocycles. The molecule has 0 aliphatic carbocycles. The minimum Gasteiger partial charge on any atom is -0.464 e. The van der Waals surface area contributed by atoms with Gasteiger partial charge < -0.3 is 15.0 Å². The number of hydrogen-bond acceptors (Lipinski definition) is 6. The molecule has 2 heterocycles. The van der Waals surface area contributed by atoms with Crippen LogP contribution in [0.4, 0.5) is 11.9 Å². The smallest absolute Gasteiger partial charge is 0.323 e. The van der Waals surface area contributed by atoms with Crippen LogP contribution in [0.5, 0.6) is 6.01 Å². The van der Waals surface area contributed by atoms with Gasteiger partial charge in [-0.1, -0.05) is 13.8 Å². The molecule has 1 N–H and O–H groups in total. The lowest BCUT2D eigenvalue weighted by Crippen LogP contribution is -2.41. The number of nitrogens with one attached hydrogen (secondary N) is 1. The van der Waals surface area contributed by atoms with E-state index >= 15 is 0 Å². The Labute approximate surface area is 114 Å². The highest BCUT2D eigenvalue weighted by molar-refractivity contribution is 5.38. The van der Waals surface area contributed by atoms with Crippen molar-refractivity contribution in [2.24, 2.45) is 5.41 Å². The summed E-state index contributed by atoms with van der Waals surface area (Å²) in [5.74, 6) is 1.26. The van der Waals surface area contributed by atoms with E-state index in [0.29, 0.717) is 29.9 Å². The molecule has 1 saturated heterocycles. The number of ether oxygens (including phenoxy) is 1. The van der Waals surface area contributed by atoms with Gasteiger partial charge in [0.2, 0.25) is 11.9 Å². The maximum absolute atomic E-state index is 5.40. The standard InChI is InChI=1S/C13H23N5O/c1-5-19-12-16-10(14-4)15-11(17-12)18-8-6-7-13(2,3)9-18/h5-9H2,1-4H3,(H,14,15,16,17). The Morgan fingerprint density at radius 1 is 1.32 bits per heavy atom. The number of nitrogens with zero attached hydrogens (tertiary/aromatic N) is 4. The monoisotopic (exact) mass is 265 g/mol. The molecular formula is C13H23N5O. The summed E-state index contributed by atoms with van der Waals surface area (Å²) >= 11 is 0. The van der Waals surface area contributed by atoms with E-state index in [9.17, 15) is 0 Å². The maximum Gasteiger partial charge on any atom is 0.323 e. The van der Waals surface area contributed by atoms with Crippen LogP contribution in [0.3, 0.4) is 0 Å². The number of piperidine rings is 1. The van der Waals surface area contributed by atoms with Crippen LogP contribution in [-0.2, 0) is 0 Å². The van der Waals surface area contributed by atoms with Gasteiger partial charge >= 0.3 is 6.01 Å². The summed E-state index contributed by atoms with van der Waals surface area (Å²) in [6, 6.07) is 0.389. The van der Waals surface area contributed by atoms with Gasteiger partial charge in [0.05, 0.1) is 6.61 Å². The van der Waals surface area contributed by atoms with Gasteiger partial charge in [-0.15, -0.1) is 0 Å². The van der Waals surface area contributed by atoms with Crippen molar-refractivity contribution in [2.45, 2.75) is 33.6 Å². The molecule has 19 heavy (non-hydrogen) atoms. The molecule has 1 aliphatic rings. The van der Waals surface area contributed by atoms with Crippen LogP contribution in [0.2, 0.25) is 0 Å². The van der Waals surface area contributed by atoms with Gasteiger partial charge in [-0.2, -0.15) is 15.0 Å². The van der Waals surface area contributed by atoms with Crippen LogP contribution in [0, 0.1) is 5.41 Å². The van der Waals surface area contributed by atoms with Crippen LogP contribution in [0.1, 0.15) is 33.6 Å². The van der Waals surface area contributed by atoms with Crippen molar-refractivity contribution in [1.82, 2.24) is 15.0 Å². The highest BCUT2D eigenvalue weighted by Crippen LogP contribution is 2.30. The van der Waals surface area contributed by atoms with Crippen LogP contribution in [0.25, 0.3) is 0 Å². The first-order chi connectivity index (χ1) is 9.04. The van der Waals surface area contributed by atoms with Gasteiger partial charge in [0, 0.05) is 20.1 Å². The minimum atomic E-state index is 0.302. The minimum absolute atomic E-state index is 0.302. The van der Waals surface area contributed by atoms with Crippen LogP contribution in [-0.4, -0.2) is 41.7 Å². The van der Waals surface area contributed by atoms with Crippen molar-refractivity contribution in [1.29, 1.82) is 0 Å². The average molecular weight is 265 g/mol. The topological polar surface area (TPSA) is 63.2 Å². The Hall–Kier alpha value is -1.59. The maximum atomic E-state index is 5.40. The molecule has 0 aromatic carbocycles. The Morgan fingerprint density at radius 3 is 2.74 bits per heavy atom. The molecule has 1 fully saturated rings. The molecule has 0 radical (unpaired) electrons. The van der Waals surface area contributed by atoms with E-state index in [1.165, 1.54) is 6.42 Å². The van der Waals surface area contributed by atoms with E-state index < -0.39 is 0 Å². The number of rotatable bonds is 4. The predicted molar refractivity (Wildman–Crippen MR) is 75.8 cm³/mol. The number of hydrogen-bond donors (Lipinski definition) is 1. The zero-order chi connectivity index (χ0) is 13.9. The summed E-state index contributed by atoms with van der Waals surface area (Å²) in [7, 11) is 1.80. The third-order valence-electron chi connectivity index (χ3n) is 3.28. The molecule has 0 atom stereocenters. The van der Waals surface area contributed by atoms with Crippen LogP contribution < -0.4 is 15.0 Å². The third kappa shape index (κ3) is 3.45. The van der Waals surface area contributed by atoms with E-state index in [0.717, 1.165) is 19.5 Å². The van der Waals surface area contributed by atoms with Crippen LogP contribution in [0.15, 0.2) is 0 Å². The highest BCUT2D eigenvalue weighted by Gasteiger charge is 2.28. The average Bonchev–Trinajstić information content (AvgIpc) is 2.37. The molecule has 0 saturated carbocycles. The second-order valence-electron chi connectivity index (χ2n) is 5.61. The highest BCUT2D eigenvalue weighted by atomic mass is 16.5. The van der Waals surface area contributed by atoms with E-state index in [1.54, 1.807) is 7.05 Å². The molecule has 0 amide bonds. The molecule has 0 bridgehead atoms. The largest absolute Gasteiger partial charge is 0.464 e. The van der Waals surface area contributed by atoms with Gasteiger partial charge in [-0.25, -0.2) is 0 Å². The summed E-state index contributed by atoms with van der Waals surface area (Å²) in [4.78, 5) is 15.2. The molecule has 106 valence electrons. The van der Waals surface area contributed by atoms with Gasteiger partial charge in [0.15, 0.2) is 0 Å². The molecule has 1 aliphatic heterocycles. The van der Waals surface area contributed by atoms with Crippen molar-refractivity contribution in [2.75, 3.05) is 37.0 Å². The first kappa shape index (κ1) is 13.8. The SMILES string of the molecule is CCOc1nc(NC)nc(N2CCCC(C)(C)C2)n1. The van der Waals surface area contributed by atoms with Crippen molar-refractivity contribution in [3.05, 3.63) is 0 Å². The molecule has 0 unspecified atom stereocenters. The Bertz CT molecular complexity index is 435. The van der Waals surface area contributed by atoms with Crippen LogP contribution >= 0.6 is 0 Å². The van der Waals surface area contributed by atoms with Gasteiger partial charge in [0.25, 0.3) is 0 Å². The van der Waals surface area contributed by atoms with E-state index in [2.05, 4.69) is 39.0 Å². The van der Waals surface area contributed by atoms with Gasteiger partial charge in [-0.05, 0) is 25.2 Å². The summed E-state index contributed by atoms with van der Waals surface area (Å²) < 4.78 is 5.40. The summed E-state index contributed by atoms with van der Waals surface area (Å²) in [5, 5.41) is 2.96. The van der Waals surface area contributed by atoms with E-state index in [1.807, 2.05) is 6.92 Å². The van der Waals surface area contributed by atoms with Crippen molar-refractivity contribution in [3.63, 3.8) is 0 Å². The normalized spacial score (nSPS) is 18.2. The van der Waals surface area contributed by atoms with Crippen molar-refractivity contribution < 1.29 is 4.74 Å². The fourth-order valence-corrected chi connectivity index (χ4v) is 2.39. The molecule has 2 rings (SSSR count). The first-order valence-electron chi connectivity index (χ1n) is 6.85. The van der Waals surface area contributed by atoms with Crippen molar-refractivity contribution >= 4 is 11.9 Å². The second-order valence-corrected chi connectivity index (χ2v) is 5.61. The van der Waals surface area contributed by atoms with Crippen molar-refractivity contribution in [3.8, 4) is 6.01 Å². The van der Waals surface area contributed by atoms with E-state index in [-0.39, 0.29) is 0 Å². The number of aromatic nitrogens is 3. The predicted octanol–water partition coefficient (Wildman–Crippen LogP) is 1.94. The Kier molecular flexibility index (Phi) is 4.07. The molecule has 6 nitrogen and oxygen atoms in total. The molecule has 0 spiro atoms. The zero-order valence-electron chi connectivity index (χ0n) is 12.2. The Balaban J connectivity index is 2.25. The second kappa shape index (κ2) is 5.59. The van der Waals surface area contributed by atoms with E-state index in [4.69, 9.17) is 4.74 Å². The molecular weight excluding hydrogens is 242 g/mol. The fourth-order valence-electron chi connectivity index (χ4n) is 2.39. The summed E-state index contributed by atoms with van der Waals surface area (Å²) in [6.07, 6.45) is 2.41. The lowest BCUT2D eigenvalue weighted by atomic mass is 9.84. The summed E-state index contributed by atoms with van der Waals surface area (Å²) in [5.41, 5.74) is 0.302. The first-order valence-corrected chi connectivity index (χ1v) is 6.85. The van der Waals surface area contributed by atoms with Gasteiger partial charge in [0.1, 0.15) is 0 Å².